The molecule has 1 heterocycles. The van der Waals surface area contributed by atoms with Crippen LogP contribution in [0.25, 0.3) is 0 Å². The van der Waals surface area contributed by atoms with E-state index in [1.54, 1.807) is 78.9 Å². The van der Waals surface area contributed by atoms with Gasteiger partial charge in [-0.1, -0.05) is 69.3 Å². The first-order valence-corrected chi connectivity index (χ1v) is 14.6. The molecule has 0 bridgehead atoms. The van der Waals surface area contributed by atoms with Gasteiger partial charge in [0.05, 0.1) is 17.1 Å². The van der Waals surface area contributed by atoms with Crippen molar-refractivity contribution >= 4 is 38.9 Å². The van der Waals surface area contributed by atoms with Crippen LogP contribution in [0.1, 0.15) is 36.7 Å². The molecular formula is C32H31N3O5S. The summed E-state index contributed by atoms with van der Waals surface area (Å²) in [6.07, 6.45) is -1.11. The minimum atomic E-state index is -3.95. The zero-order valence-corrected chi connectivity index (χ0v) is 23.8. The Balaban J connectivity index is 1.31. The molecule has 0 saturated heterocycles. The Bertz CT molecular complexity index is 1680. The molecule has 2 amide bonds. The number of fused-ring (bicyclic) bond motifs is 1. The van der Waals surface area contributed by atoms with Gasteiger partial charge in [0.25, 0.3) is 21.8 Å². The van der Waals surface area contributed by atoms with Crippen molar-refractivity contribution in [3.05, 3.63) is 114 Å². The Hall–Kier alpha value is -4.63. The SMILES string of the molecule is CC(C)(C)c1ccc(C(=O)Nc2cccc(NC(=O)[C@@H]3CN(S(=O)(=O)c4ccccc4)c4ccccc4O3)c2)cc1. The van der Waals surface area contributed by atoms with Crippen molar-refractivity contribution in [3.63, 3.8) is 0 Å². The maximum atomic E-state index is 13.5. The molecule has 1 aliphatic rings. The number of nitrogens with zero attached hydrogens (tertiary/aromatic N) is 1. The Kier molecular flexibility index (Phi) is 7.55. The van der Waals surface area contributed by atoms with Crippen LogP contribution >= 0.6 is 0 Å². The van der Waals surface area contributed by atoms with Gasteiger partial charge in [-0.25, -0.2) is 8.42 Å². The summed E-state index contributed by atoms with van der Waals surface area (Å²) in [5.41, 5.74) is 2.91. The van der Waals surface area contributed by atoms with E-state index in [0.717, 1.165) is 5.56 Å². The number of amides is 2. The second kappa shape index (κ2) is 11.1. The first-order chi connectivity index (χ1) is 19.5. The van der Waals surface area contributed by atoms with E-state index in [2.05, 4.69) is 31.4 Å². The summed E-state index contributed by atoms with van der Waals surface area (Å²) in [4.78, 5) is 26.3. The van der Waals surface area contributed by atoms with Crippen molar-refractivity contribution in [2.45, 2.75) is 37.2 Å². The number of carbonyl (C=O) groups is 2. The highest BCUT2D eigenvalue weighted by Crippen LogP contribution is 2.37. The molecule has 0 aromatic heterocycles. The number of anilines is 3. The fourth-order valence-electron chi connectivity index (χ4n) is 4.51. The Labute approximate surface area is 240 Å². The standard InChI is InChI=1S/C32H31N3O5S/c1-32(2,3)23-18-16-22(17-19-23)30(36)33-24-10-9-11-25(20-24)34-31(37)29-21-35(27-14-7-8-15-28(27)40-29)41(38,39)26-12-5-4-6-13-26/h4-20,29H,21H2,1-3H3,(H,33,36)(H,34,37)/t29-/m0/s1. The molecule has 0 saturated carbocycles. The van der Waals surface area contributed by atoms with E-state index in [1.165, 1.54) is 16.4 Å². The quantitative estimate of drug-likeness (QED) is 0.304. The monoisotopic (exact) mass is 569 g/mol. The molecule has 8 nitrogen and oxygen atoms in total. The van der Waals surface area contributed by atoms with E-state index in [-0.39, 0.29) is 28.5 Å². The molecule has 0 fully saturated rings. The van der Waals surface area contributed by atoms with Crippen LogP contribution in [0, 0.1) is 0 Å². The van der Waals surface area contributed by atoms with Crippen LogP contribution in [-0.4, -0.2) is 32.9 Å². The summed E-state index contributed by atoms with van der Waals surface area (Å²) in [6, 6.07) is 29.0. The van der Waals surface area contributed by atoms with E-state index < -0.39 is 22.0 Å². The number of sulfonamides is 1. The van der Waals surface area contributed by atoms with Crippen LogP contribution in [0.2, 0.25) is 0 Å². The fraction of sp³-hybridized carbons (Fsp3) is 0.188. The average molecular weight is 570 g/mol. The molecule has 1 atom stereocenters. The number of rotatable bonds is 6. The second-order valence-electron chi connectivity index (χ2n) is 10.8. The van der Waals surface area contributed by atoms with Crippen molar-refractivity contribution in [1.29, 1.82) is 0 Å². The molecule has 5 rings (SSSR count). The molecule has 2 N–H and O–H groups in total. The van der Waals surface area contributed by atoms with Crippen LogP contribution in [0.3, 0.4) is 0 Å². The van der Waals surface area contributed by atoms with Crippen molar-refractivity contribution in [3.8, 4) is 5.75 Å². The predicted octanol–water partition coefficient (Wildman–Crippen LogP) is 5.83. The van der Waals surface area contributed by atoms with Gasteiger partial charge in [0.2, 0.25) is 0 Å². The van der Waals surface area contributed by atoms with Crippen LogP contribution in [0.5, 0.6) is 5.75 Å². The molecule has 0 radical (unpaired) electrons. The summed E-state index contributed by atoms with van der Waals surface area (Å²) in [5.74, 6) is -0.506. The third kappa shape index (κ3) is 6.10. The van der Waals surface area contributed by atoms with E-state index in [4.69, 9.17) is 4.74 Å². The van der Waals surface area contributed by atoms with E-state index in [9.17, 15) is 18.0 Å². The van der Waals surface area contributed by atoms with Crippen LogP contribution < -0.4 is 19.7 Å². The number of benzene rings is 4. The third-order valence-electron chi connectivity index (χ3n) is 6.76. The number of carbonyl (C=O) groups excluding carboxylic acids is 2. The smallest absolute Gasteiger partial charge is 0.267 e. The van der Waals surface area contributed by atoms with Gasteiger partial charge in [0, 0.05) is 16.9 Å². The molecule has 0 spiro atoms. The van der Waals surface area contributed by atoms with Crippen molar-refractivity contribution in [2.75, 3.05) is 21.5 Å². The van der Waals surface area contributed by atoms with Gasteiger partial charge in [-0.05, 0) is 65.6 Å². The maximum absolute atomic E-state index is 13.5. The number of hydrogen-bond donors (Lipinski definition) is 2. The summed E-state index contributed by atoms with van der Waals surface area (Å²) >= 11 is 0. The highest BCUT2D eigenvalue weighted by molar-refractivity contribution is 7.92. The van der Waals surface area contributed by atoms with Gasteiger partial charge >= 0.3 is 0 Å². The first kappa shape index (κ1) is 27.9. The minimum absolute atomic E-state index is 0.0194. The molecule has 4 aromatic rings. The topological polar surface area (TPSA) is 105 Å². The molecule has 4 aromatic carbocycles. The summed E-state index contributed by atoms with van der Waals surface area (Å²) < 4.78 is 34.1. The van der Waals surface area contributed by atoms with Crippen molar-refractivity contribution in [1.82, 2.24) is 0 Å². The summed E-state index contributed by atoms with van der Waals surface area (Å²) in [7, 11) is -3.95. The lowest BCUT2D eigenvalue weighted by molar-refractivity contribution is -0.122. The van der Waals surface area contributed by atoms with E-state index in [1.807, 2.05) is 12.1 Å². The van der Waals surface area contributed by atoms with Crippen molar-refractivity contribution < 1.29 is 22.7 Å². The summed E-state index contributed by atoms with van der Waals surface area (Å²) in [5, 5.41) is 5.65. The highest BCUT2D eigenvalue weighted by atomic mass is 32.2. The third-order valence-corrected chi connectivity index (χ3v) is 8.55. The molecule has 0 unspecified atom stereocenters. The second-order valence-corrected chi connectivity index (χ2v) is 12.6. The average Bonchev–Trinajstić information content (AvgIpc) is 2.96. The zero-order chi connectivity index (χ0) is 29.2. The Morgan fingerprint density at radius 1 is 0.805 bits per heavy atom. The largest absolute Gasteiger partial charge is 0.476 e. The number of para-hydroxylation sites is 2. The Morgan fingerprint density at radius 3 is 2.12 bits per heavy atom. The van der Waals surface area contributed by atoms with Gasteiger partial charge in [-0.2, -0.15) is 0 Å². The number of nitrogens with one attached hydrogen (secondary N) is 2. The lowest BCUT2D eigenvalue weighted by atomic mass is 9.87. The highest BCUT2D eigenvalue weighted by Gasteiger charge is 2.37. The fourth-order valence-corrected chi connectivity index (χ4v) is 6.01. The lowest BCUT2D eigenvalue weighted by Crippen LogP contribution is -2.48. The molecule has 41 heavy (non-hydrogen) atoms. The molecule has 9 heteroatoms. The van der Waals surface area contributed by atoms with Gasteiger partial charge in [0.1, 0.15) is 5.75 Å². The minimum Gasteiger partial charge on any atom is -0.476 e. The molecule has 210 valence electrons. The Morgan fingerprint density at radius 2 is 1.44 bits per heavy atom. The predicted molar refractivity (Wildman–Crippen MR) is 160 cm³/mol. The van der Waals surface area contributed by atoms with Gasteiger partial charge in [0.15, 0.2) is 6.10 Å². The first-order valence-electron chi connectivity index (χ1n) is 13.2. The van der Waals surface area contributed by atoms with E-state index in [0.29, 0.717) is 22.6 Å². The summed E-state index contributed by atoms with van der Waals surface area (Å²) in [6.45, 7) is 6.12. The molecule has 0 aliphatic carbocycles. The van der Waals surface area contributed by atoms with Crippen LogP contribution in [0.4, 0.5) is 17.1 Å². The van der Waals surface area contributed by atoms with Gasteiger partial charge < -0.3 is 15.4 Å². The van der Waals surface area contributed by atoms with Crippen molar-refractivity contribution in [2.24, 2.45) is 0 Å². The van der Waals surface area contributed by atoms with Gasteiger partial charge in [-0.3, -0.25) is 13.9 Å². The normalized spacial score (nSPS) is 14.9. The van der Waals surface area contributed by atoms with Crippen LogP contribution in [0.15, 0.2) is 108 Å². The van der Waals surface area contributed by atoms with Crippen LogP contribution in [-0.2, 0) is 20.2 Å². The number of hydrogen-bond acceptors (Lipinski definition) is 5. The lowest BCUT2D eigenvalue weighted by Gasteiger charge is -2.34. The zero-order valence-electron chi connectivity index (χ0n) is 23.0. The van der Waals surface area contributed by atoms with E-state index >= 15 is 0 Å². The number of ether oxygens (including phenoxy) is 1. The molecular weight excluding hydrogens is 538 g/mol. The maximum Gasteiger partial charge on any atom is 0.267 e. The molecule has 1 aliphatic heterocycles. The van der Waals surface area contributed by atoms with Gasteiger partial charge in [-0.15, -0.1) is 0 Å².